The maximum Gasteiger partial charge on any atom is 0.251 e. The number of nitrogens with one attached hydrogen (secondary N) is 1. The van der Waals surface area contributed by atoms with Gasteiger partial charge in [-0.2, -0.15) is 0 Å². The van der Waals surface area contributed by atoms with Crippen LogP contribution in [0.2, 0.25) is 0 Å². The monoisotopic (exact) mass is 291 g/mol. The highest BCUT2D eigenvalue weighted by atomic mass is 16.5. The van der Waals surface area contributed by atoms with Crippen molar-refractivity contribution in [1.29, 1.82) is 0 Å². The molecular formula is C18H29NO2. The Bertz CT molecular complexity index is 400. The molecule has 1 aromatic carbocycles. The zero-order chi connectivity index (χ0) is 15.5. The van der Waals surface area contributed by atoms with Gasteiger partial charge in [-0.3, -0.25) is 4.79 Å². The molecule has 0 bridgehead atoms. The average molecular weight is 291 g/mol. The number of unbranched alkanes of at least 4 members (excludes halogenated alkanes) is 4. The van der Waals surface area contributed by atoms with E-state index < -0.39 is 0 Å². The van der Waals surface area contributed by atoms with E-state index in [1.807, 2.05) is 31.2 Å². The smallest absolute Gasteiger partial charge is 0.251 e. The van der Waals surface area contributed by atoms with Crippen molar-refractivity contribution in [2.24, 2.45) is 0 Å². The summed E-state index contributed by atoms with van der Waals surface area (Å²) in [6.07, 6.45) is 7.11. The van der Waals surface area contributed by atoms with Gasteiger partial charge in [0.1, 0.15) is 5.75 Å². The van der Waals surface area contributed by atoms with Crippen molar-refractivity contribution < 1.29 is 9.53 Å². The van der Waals surface area contributed by atoms with Crippen molar-refractivity contribution in [2.75, 3.05) is 6.61 Å². The number of carbonyl (C=O) groups excluding carboxylic acids is 1. The maximum absolute atomic E-state index is 11.9. The summed E-state index contributed by atoms with van der Waals surface area (Å²) in [6.45, 7) is 7.04. The number of rotatable bonds is 10. The van der Waals surface area contributed by atoms with E-state index in [-0.39, 0.29) is 11.9 Å². The lowest BCUT2D eigenvalue weighted by Crippen LogP contribution is -2.31. The van der Waals surface area contributed by atoms with Crippen LogP contribution in [-0.2, 0) is 0 Å². The maximum atomic E-state index is 11.9. The summed E-state index contributed by atoms with van der Waals surface area (Å²) >= 11 is 0. The number of hydrogen-bond acceptors (Lipinski definition) is 2. The van der Waals surface area contributed by atoms with Crippen LogP contribution in [0.3, 0.4) is 0 Å². The second-order valence-corrected chi connectivity index (χ2v) is 5.57. The van der Waals surface area contributed by atoms with Crippen molar-refractivity contribution in [1.82, 2.24) is 5.32 Å². The summed E-state index contributed by atoms with van der Waals surface area (Å²) in [7, 11) is 0. The first-order valence-corrected chi connectivity index (χ1v) is 8.21. The normalized spacial score (nSPS) is 12.0. The number of carbonyl (C=O) groups is 1. The van der Waals surface area contributed by atoms with Gasteiger partial charge in [-0.1, -0.05) is 39.5 Å². The van der Waals surface area contributed by atoms with E-state index in [2.05, 4.69) is 19.2 Å². The Balaban J connectivity index is 2.31. The molecule has 0 aromatic heterocycles. The molecule has 21 heavy (non-hydrogen) atoms. The second kappa shape index (κ2) is 10.3. The van der Waals surface area contributed by atoms with Gasteiger partial charge in [0.05, 0.1) is 6.61 Å². The summed E-state index contributed by atoms with van der Waals surface area (Å²) in [5, 5.41) is 2.96. The molecule has 0 aliphatic heterocycles. The molecule has 3 heteroatoms. The van der Waals surface area contributed by atoms with Gasteiger partial charge in [0.2, 0.25) is 0 Å². The zero-order valence-corrected chi connectivity index (χ0v) is 13.7. The molecule has 0 saturated heterocycles. The van der Waals surface area contributed by atoms with E-state index >= 15 is 0 Å². The lowest BCUT2D eigenvalue weighted by Gasteiger charge is -2.12. The molecule has 1 atom stereocenters. The van der Waals surface area contributed by atoms with Gasteiger partial charge in [0.15, 0.2) is 0 Å². The van der Waals surface area contributed by atoms with Gasteiger partial charge in [-0.05, 0) is 44.0 Å². The van der Waals surface area contributed by atoms with Crippen molar-refractivity contribution in [2.45, 2.75) is 65.3 Å². The van der Waals surface area contributed by atoms with E-state index in [1.54, 1.807) is 0 Å². The Morgan fingerprint density at radius 3 is 2.38 bits per heavy atom. The molecule has 0 heterocycles. The number of ether oxygens (including phenoxy) is 1. The summed E-state index contributed by atoms with van der Waals surface area (Å²) in [5.41, 5.74) is 0.686. The molecule has 0 fully saturated rings. The molecule has 1 N–H and O–H groups in total. The third-order valence-corrected chi connectivity index (χ3v) is 3.62. The standard InChI is InChI=1S/C18H29NO2/c1-4-6-7-8-9-14-21-17-12-10-16(11-13-17)18(20)19-15(3)5-2/h10-13,15H,4-9,14H2,1-3H3,(H,19,20)/t15-/m0/s1. The van der Waals surface area contributed by atoms with E-state index in [9.17, 15) is 4.79 Å². The van der Waals surface area contributed by atoms with Crippen molar-refractivity contribution in [3.8, 4) is 5.75 Å². The fourth-order valence-electron chi connectivity index (χ4n) is 2.01. The highest BCUT2D eigenvalue weighted by Crippen LogP contribution is 2.13. The van der Waals surface area contributed by atoms with Crippen molar-refractivity contribution in [3.63, 3.8) is 0 Å². The first kappa shape index (κ1) is 17.5. The van der Waals surface area contributed by atoms with Crippen molar-refractivity contribution >= 4 is 5.91 Å². The third kappa shape index (κ3) is 7.16. The van der Waals surface area contributed by atoms with Gasteiger partial charge in [0.25, 0.3) is 5.91 Å². The average Bonchev–Trinajstić information content (AvgIpc) is 2.51. The first-order chi connectivity index (χ1) is 10.2. The molecule has 0 spiro atoms. The zero-order valence-electron chi connectivity index (χ0n) is 13.7. The van der Waals surface area contributed by atoms with Gasteiger partial charge >= 0.3 is 0 Å². The topological polar surface area (TPSA) is 38.3 Å². The molecule has 1 amide bonds. The molecule has 0 aliphatic rings. The second-order valence-electron chi connectivity index (χ2n) is 5.57. The Morgan fingerprint density at radius 1 is 1.10 bits per heavy atom. The van der Waals surface area contributed by atoms with Crippen LogP contribution in [-0.4, -0.2) is 18.6 Å². The summed E-state index contributed by atoms with van der Waals surface area (Å²) in [6, 6.07) is 7.60. The van der Waals surface area contributed by atoms with E-state index in [0.717, 1.165) is 25.2 Å². The van der Waals surface area contributed by atoms with Crippen LogP contribution in [0.25, 0.3) is 0 Å². The molecule has 3 nitrogen and oxygen atoms in total. The highest BCUT2D eigenvalue weighted by Gasteiger charge is 2.08. The van der Waals surface area contributed by atoms with E-state index in [1.165, 1.54) is 25.7 Å². The predicted octanol–water partition coefficient (Wildman–Crippen LogP) is 4.56. The SMILES string of the molecule is CCCCCCCOc1ccc(C(=O)N[C@@H](C)CC)cc1. The minimum Gasteiger partial charge on any atom is -0.494 e. The molecular weight excluding hydrogens is 262 g/mol. The van der Waals surface area contributed by atoms with Crippen LogP contribution in [0.4, 0.5) is 0 Å². The molecule has 118 valence electrons. The van der Waals surface area contributed by atoms with Crippen LogP contribution < -0.4 is 10.1 Å². The number of hydrogen-bond donors (Lipinski definition) is 1. The Kier molecular flexibility index (Phi) is 8.56. The largest absolute Gasteiger partial charge is 0.494 e. The quantitative estimate of drug-likeness (QED) is 0.642. The summed E-state index contributed by atoms with van der Waals surface area (Å²) in [4.78, 5) is 11.9. The van der Waals surface area contributed by atoms with Crippen LogP contribution in [0.5, 0.6) is 5.75 Å². The van der Waals surface area contributed by atoms with Crippen LogP contribution in [0.1, 0.15) is 69.7 Å². The van der Waals surface area contributed by atoms with Crippen LogP contribution in [0.15, 0.2) is 24.3 Å². The molecule has 0 saturated carbocycles. The predicted molar refractivity (Wildman–Crippen MR) is 87.9 cm³/mol. The van der Waals surface area contributed by atoms with E-state index in [4.69, 9.17) is 4.74 Å². The van der Waals surface area contributed by atoms with E-state index in [0.29, 0.717) is 5.56 Å². The molecule has 0 aliphatic carbocycles. The Hall–Kier alpha value is -1.51. The Labute approximate surface area is 129 Å². The number of benzene rings is 1. The fourth-order valence-corrected chi connectivity index (χ4v) is 2.01. The summed E-state index contributed by atoms with van der Waals surface area (Å²) < 4.78 is 5.69. The minimum absolute atomic E-state index is 0.0181. The molecule has 1 rings (SSSR count). The van der Waals surface area contributed by atoms with Gasteiger partial charge in [0, 0.05) is 11.6 Å². The minimum atomic E-state index is -0.0181. The fraction of sp³-hybridized carbons (Fsp3) is 0.611. The lowest BCUT2D eigenvalue weighted by atomic mass is 10.1. The molecule has 1 aromatic rings. The molecule has 0 radical (unpaired) electrons. The van der Waals surface area contributed by atoms with Gasteiger partial charge < -0.3 is 10.1 Å². The third-order valence-electron chi connectivity index (χ3n) is 3.62. The van der Waals surface area contributed by atoms with Crippen LogP contribution >= 0.6 is 0 Å². The van der Waals surface area contributed by atoms with Gasteiger partial charge in [-0.25, -0.2) is 0 Å². The highest BCUT2D eigenvalue weighted by molar-refractivity contribution is 5.94. The molecule has 0 unspecified atom stereocenters. The van der Waals surface area contributed by atoms with Crippen LogP contribution in [0, 0.1) is 0 Å². The Morgan fingerprint density at radius 2 is 1.76 bits per heavy atom. The van der Waals surface area contributed by atoms with Gasteiger partial charge in [-0.15, -0.1) is 0 Å². The lowest BCUT2D eigenvalue weighted by molar-refractivity contribution is 0.0939. The van der Waals surface area contributed by atoms with Crippen molar-refractivity contribution in [3.05, 3.63) is 29.8 Å². The summed E-state index contributed by atoms with van der Waals surface area (Å²) in [5.74, 6) is 0.820. The number of amides is 1. The first-order valence-electron chi connectivity index (χ1n) is 8.21.